The van der Waals surface area contributed by atoms with E-state index in [0.717, 1.165) is 12.1 Å². The lowest BCUT2D eigenvalue weighted by Gasteiger charge is -2.19. The first-order valence-electron chi connectivity index (χ1n) is 8.41. The van der Waals surface area contributed by atoms with Crippen molar-refractivity contribution in [3.63, 3.8) is 0 Å². The minimum absolute atomic E-state index is 0.0334. The maximum absolute atomic E-state index is 13.9. The molecule has 3 aromatic rings. The third kappa shape index (κ3) is 4.22. The van der Waals surface area contributed by atoms with Crippen molar-refractivity contribution in [1.82, 2.24) is 9.88 Å². The summed E-state index contributed by atoms with van der Waals surface area (Å²) in [4.78, 5) is 5.84. The largest absolute Gasteiger partial charge is 0.441 e. The Kier molecular flexibility index (Phi) is 5.51. The van der Waals surface area contributed by atoms with Crippen LogP contribution in [0.4, 0.5) is 22.0 Å². The van der Waals surface area contributed by atoms with Gasteiger partial charge in [-0.1, -0.05) is 24.3 Å². The Morgan fingerprint density at radius 2 is 1.71 bits per heavy atom. The second-order valence-electron chi connectivity index (χ2n) is 6.45. The summed E-state index contributed by atoms with van der Waals surface area (Å²) < 4.78 is 72.2. The summed E-state index contributed by atoms with van der Waals surface area (Å²) in [6.07, 6.45) is -4.44. The molecule has 0 aliphatic carbocycles. The molecule has 1 heterocycles. The number of benzene rings is 2. The third-order valence-corrected chi connectivity index (χ3v) is 4.26. The molecule has 3 nitrogen and oxygen atoms in total. The number of aromatic nitrogens is 1. The number of alkyl halides is 3. The molecule has 148 valence electrons. The second kappa shape index (κ2) is 7.71. The Labute approximate surface area is 158 Å². The van der Waals surface area contributed by atoms with E-state index in [0.29, 0.717) is 11.5 Å². The van der Waals surface area contributed by atoms with Crippen LogP contribution in [-0.4, -0.2) is 16.9 Å². The lowest BCUT2D eigenvalue weighted by Crippen LogP contribution is -2.20. The molecule has 0 atom stereocenters. The van der Waals surface area contributed by atoms with Crippen molar-refractivity contribution < 1.29 is 26.4 Å². The van der Waals surface area contributed by atoms with Crippen molar-refractivity contribution in [2.75, 3.05) is 7.05 Å². The Morgan fingerprint density at radius 3 is 2.43 bits per heavy atom. The summed E-state index contributed by atoms with van der Waals surface area (Å²) in [5, 5.41) is 0. The highest BCUT2D eigenvalue weighted by Crippen LogP contribution is 2.32. The molecule has 0 saturated heterocycles. The van der Waals surface area contributed by atoms with E-state index in [1.807, 2.05) is 0 Å². The maximum atomic E-state index is 13.9. The van der Waals surface area contributed by atoms with Crippen LogP contribution < -0.4 is 0 Å². The Bertz CT molecular complexity index is 981. The van der Waals surface area contributed by atoms with E-state index in [1.165, 1.54) is 24.3 Å². The Morgan fingerprint density at radius 1 is 1.00 bits per heavy atom. The summed E-state index contributed by atoms with van der Waals surface area (Å²) in [6.45, 7) is 1.82. The Hall–Kier alpha value is -2.74. The van der Waals surface area contributed by atoms with E-state index in [4.69, 9.17) is 4.42 Å². The van der Waals surface area contributed by atoms with Gasteiger partial charge in [-0.25, -0.2) is 13.8 Å². The molecule has 2 aromatic carbocycles. The zero-order valence-corrected chi connectivity index (χ0v) is 15.1. The quantitative estimate of drug-likeness (QED) is 0.528. The van der Waals surface area contributed by atoms with Crippen molar-refractivity contribution in [2.45, 2.75) is 26.2 Å². The zero-order valence-electron chi connectivity index (χ0n) is 15.1. The molecular formula is C20H17F5N2O. The average Bonchev–Trinajstić information content (AvgIpc) is 2.97. The van der Waals surface area contributed by atoms with Crippen molar-refractivity contribution in [3.8, 4) is 11.5 Å². The standard InChI is InChI=1S/C20H17F5N2O/c1-12-17(26-19(28-12)14-7-5-9-16(21)18(14)22)11-27(2)10-13-6-3-4-8-15(13)20(23,24)25/h3-9H,10-11H2,1-2H3. The first kappa shape index (κ1) is 20.0. The van der Waals surface area contributed by atoms with Gasteiger partial charge in [0.1, 0.15) is 5.76 Å². The smallest absolute Gasteiger partial charge is 0.416 e. The lowest BCUT2D eigenvalue weighted by atomic mass is 10.1. The number of rotatable bonds is 5. The molecule has 0 N–H and O–H groups in total. The number of hydrogen-bond donors (Lipinski definition) is 0. The summed E-state index contributed by atoms with van der Waals surface area (Å²) in [6, 6.07) is 9.02. The summed E-state index contributed by atoms with van der Waals surface area (Å²) >= 11 is 0. The summed E-state index contributed by atoms with van der Waals surface area (Å²) in [5.74, 6) is -1.78. The number of oxazole rings is 1. The van der Waals surface area contributed by atoms with Gasteiger partial charge in [0.05, 0.1) is 16.8 Å². The Balaban J connectivity index is 1.80. The van der Waals surface area contributed by atoms with Gasteiger partial charge < -0.3 is 4.42 Å². The van der Waals surface area contributed by atoms with Crippen LogP contribution >= 0.6 is 0 Å². The topological polar surface area (TPSA) is 29.3 Å². The molecule has 0 radical (unpaired) electrons. The third-order valence-electron chi connectivity index (χ3n) is 4.26. The normalized spacial score (nSPS) is 12.0. The molecule has 0 fully saturated rings. The van der Waals surface area contributed by atoms with E-state index in [1.54, 1.807) is 24.9 Å². The van der Waals surface area contributed by atoms with Gasteiger partial charge in [0, 0.05) is 13.1 Å². The molecule has 0 spiro atoms. The second-order valence-corrected chi connectivity index (χ2v) is 6.45. The lowest BCUT2D eigenvalue weighted by molar-refractivity contribution is -0.138. The number of hydrogen-bond acceptors (Lipinski definition) is 3. The van der Waals surface area contributed by atoms with E-state index >= 15 is 0 Å². The van der Waals surface area contributed by atoms with Gasteiger partial charge in [-0.3, -0.25) is 4.90 Å². The summed E-state index contributed by atoms with van der Waals surface area (Å²) in [5.41, 5.74) is -0.235. The van der Waals surface area contributed by atoms with Gasteiger partial charge in [-0.15, -0.1) is 0 Å². The van der Waals surface area contributed by atoms with E-state index in [2.05, 4.69) is 4.98 Å². The zero-order chi connectivity index (χ0) is 20.5. The van der Waals surface area contributed by atoms with Crippen LogP contribution in [0, 0.1) is 18.6 Å². The van der Waals surface area contributed by atoms with Crippen LogP contribution in [0.25, 0.3) is 11.5 Å². The highest BCUT2D eigenvalue weighted by molar-refractivity contribution is 5.54. The molecule has 1 aromatic heterocycles. The van der Waals surface area contributed by atoms with Crippen LogP contribution in [-0.2, 0) is 19.3 Å². The SMILES string of the molecule is Cc1oc(-c2cccc(F)c2F)nc1CN(C)Cc1ccccc1C(F)(F)F. The molecule has 28 heavy (non-hydrogen) atoms. The first-order chi connectivity index (χ1) is 13.2. The molecule has 0 unspecified atom stereocenters. The van der Waals surface area contributed by atoms with Crippen molar-refractivity contribution in [2.24, 2.45) is 0 Å². The number of nitrogens with zero attached hydrogens (tertiary/aromatic N) is 2. The van der Waals surface area contributed by atoms with Gasteiger partial charge in [0.2, 0.25) is 5.89 Å². The molecule has 0 amide bonds. The molecule has 0 aliphatic heterocycles. The van der Waals surface area contributed by atoms with Gasteiger partial charge in [0.25, 0.3) is 0 Å². The van der Waals surface area contributed by atoms with E-state index in [-0.39, 0.29) is 30.1 Å². The minimum Gasteiger partial charge on any atom is -0.441 e. The molecular weight excluding hydrogens is 379 g/mol. The van der Waals surface area contributed by atoms with Gasteiger partial charge in [-0.05, 0) is 37.7 Å². The fourth-order valence-corrected chi connectivity index (χ4v) is 2.90. The monoisotopic (exact) mass is 396 g/mol. The minimum atomic E-state index is -4.44. The van der Waals surface area contributed by atoms with E-state index in [9.17, 15) is 22.0 Å². The van der Waals surface area contributed by atoms with Gasteiger partial charge >= 0.3 is 6.18 Å². The predicted molar refractivity (Wildman–Crippen MR) is 93.2 cm³/mol. The molecule has 0 saturated carbocycles. The summed E-state index contributed by atoms with van der Waals surface area (Å²) in [7, 11) is 1.64. The van der Waals surface area contributed by atoms with Crippen LogP contribution in [0.2, 0.25) is 0 Å². The van der Waals surface area contributed by atoms with Crippen molar-refractivity contribution in [3.05, 3.63) is 76.7 Å². The molecule has 0 bridgehead atoms. The fraction of sp³-hybridized carbons (Fsp3) is 0.250. The first-order valence-corrected chi connectivity index (χ1v) is 8.41. The van der Waals surface area contributed by atoms with Crippen LogP contribution in [0.5, 0.6) is 0 Å². The van der Waals surface area contributed by atoms with Crippen molar-refractivity contribution in [1.29, 1.82) is 0 Å². The van der Waals surface area contributed by atoms with E-state index < -0.39 is 23.4 Å². The average molecular weight is 396 g/mol. The highest BCUT2D eigenvalue weighted by atomic mass is 19.4. The molecule has 0 aliphatic rings. The van der Waals surface area contributed by atoms with Crippen LogP contribution in [0.15, 0.2) is 46.9 Å². The fourth-order valence-electron chi connectivity index (χ4n) is 2.90. The molecule has 8 heteroatoms. The number of aryl methyl sites for hydroxylation is 1. The van der Waals surface area contributed by atoms with Gasteiger partial charge in [0.15, 0.2) is 11.6 Å². The van der Waals surface area contributed by atoms with Gasteiger partial charge in [-0.2, -0.15) is 13.2 Å². The maximum Gasteiger partial charge on any atom is 0.416 e. The molecule has 3 rings (SSSR count). The van der Waals surface area contributed by atoms with Crippen LogP contribution in [0.3, 0.4) is 0 Å². The van der Waals surface area contributed by atoms with Crippen LogP contribution in [0.1, 0.15) is 22.6 Å². The number of halogens is 5. The van der Waals surface area contributed by atoms with Crippen molar-refractivity contribution >= 4 is 0 Å². The predicted octanol–water partition coefficient (Wildman–Crippen LogP) is 5.58. The highest BCUT2D eigenvalue weighted by Gasteiger charge is 2.33.